The summed E-state index contributed by atoms with van der Waals surface area (Å²) < 4.78 is 65.2. The van der Waals surface area contributed by atoms with Crippen LogP contribution in [0.1, 0.15) is 21.5 Å². The number of nitrogens with one attached hydrogen (secondary N) is 1. The predicted octanol–water partition coefficient (Wildman–Crippen LogP) is 5.58. The van der Waals surface area contributed by atoms with Gasteiger partial charge in [0.25, 0.3) is 0 Å². The van der Waals surface area contributed by atoms with Crippen molar-refractivity contribution in [1.82, 2.24) is 9.13 Å². The Morgan fingerprint density at radius 3 is 2.12 bits per heavy atom. The van der Waals surface area contributed by atoms with Crippen molar-refractivity contribution in [2.45, 2.75) is 12.7 Å². The molecular formula is C31H27F4N3O5. The van der Waals surface area contributed by atoms with Crippen molar-refractivity contribution < 1.29 is 41.4 Å². The van der Waals surface area contributed by atoms with Crippen LogP contribution in [0.25, 0.3) is 17.2 Å². The molecule has 1 aliphatic heterocycles. The first-order chi connectivity index (χ1) is 20.4. The predicted molar refractivity (Wildman–Crippen MR) is 150 cm³/mol. The minimum Gasteiger partial charge on any atom is -0.497 e. The monoisotopic (exact) mass is 597 g/mol. The number of aryl methyl sites for hydroxylation is 1. The van der Waals surface area contributed by atoms with Crippen molar-refractivity contribution in [3.8, 4) is 28.4 Å². The van der Waals surface area contributed by atoms with Crippen LogP contribution in [-0.2, 0) is 18.4 Å². The molecule has 4 aromatic rings. The smallest absolute Gasteiger partial charge is 0.446 e. The Balaban J connectivity index is 0.000000641. The molecule has 0 atom stereocenters. The number of halogens is 4. The molecule has 0 unspecified atom stereocenters. The Bertz CT molecular complexity index is 1720. The van der Waals surface area contributed by atoms with Gasteiger partial charge in [-0.1, -0.05) is 12.1 Å². The van der Waals surface area contributed by atoms with Crippen LogP contribution in [0.15, 0.2) is 72.6 Å². The van der Waals surface area contributed by atoms with Gasteiger partial charge in [-0.3, -0.25) is 15.0 Å². The standard InChI is InChI=1S/C29H26FN3O4.C2HF3O/c1-32-8-9-33(29(32)31)16-19-13-25(20-4-6-22(30)7-5-20)28-26(14-19)27(34)21(17-37-28)10-18-11-23(35-2)15-24(12-18)36-3;3-2(4,5)1-6/h4-15,31H,16-17H2,1-3H3;1H/b21-10+,31-29?;. The second kappa shape index (κ2) is 12.8. The lowest BCUT2D eigenvalue weighted by Crippen LogP contribution is -2.23. The molecule has 3 aromatic carbocycles. The summed E-state index contributed by atoms with van der Waals surface area (Å²) in [6.45, 7) is 0.476. The highest BCUT2D eigenvalue weighted by Gasteiger charge is 2.28. The van der Waals surface area contributed by atoms with Crippen LogP contribution in [0.5, 0.6) is 17.2 Å². The molecule has 0 radical (unpaired) electrons. The first-order valence-corrected chi connectivity index (χ1v) is 12.8. The summed E-state index contributed by atoms with van der Waals surface area (Å²) in [6.07, 6.45) is -0.306. The molecule has 224 valence electrons. The summed E-state index contributed by atoms with van der Waals surface area (Å²) in [4.78, 5) is 22.4. The zero-order valence-electron chi connectivity index (χ0n) is 23.4. The zero-order chi connectivity index (χ0) is 31.3. The van der Waals surface area contributed by atoms with Gasteiger partial charge in [0.05, 0.1) is 26.3 Å². The summed E-state index contributed by atoms with van der Waals surface area (Å²) in [5.74, 6) is 1.19. The van der Waals surface area contributed by atoms with E-state index >= 15 is 0 Å². The van der Waals surface area contributed by atoms with Gasteiger partial charge in [-0.15, -0.1) is 0 Å². The van der Waals surface area contributed by atoms with Crippen LogP contribution < -0.4 is 19.8 Å². The SMILES string of the molecule is COc1cc(/C=C2\COc3c(cc(Cn4ccn(C)c4=N)cc3-c3ccc(F)cc3)C2=O)cc(OC)c1.O=CC(F)(F)F. The zero-order valence-corrected chi connectivity index (χ0v) is 23.4. The van der Waals surface area contributed by atoms with Crippen molar-refractivity contribution >= 4 is 18.1 Å². The number of carbonyl (C=O) groups excluding carboxylic acids is 2. The third-order valence-electron chi connectivity index (χ3n) is 6.49. The summed E-state index contributed by atoms with van der Waals surface area (Å²) in [6, 6.07) is 15.2. The number of benzene rings is 3. The van der Waals surface area contributed by atoms with Crippen molar-refractivity contribution in [3.05, 3.63) is 101 Å². The van der Waals surface area contributed by atoms with E-state index in [1.807, 2.05) is 30.5 Å². The van der Waals surface area contributed by atoms with E-state index in [1.54, 1.807) is 60.9 Å². The summed E-state index contributed by atoms with van der Waals surface area (Å²) >= 11 is 0. The highest BCUT2D eigenvalue weighted by molar-refractivity contribution is 6.15. The van der Waals surface area contributed by atoms with E-state index in [0.29, 0.717) is 46.1 Å². The van der Waals surface area contributed by atoms with E-state index < -0.39 is 12.5 Å². The molecule has 8 nitrogen and oxygen atoms in total. The number of imidazole rings is 1. The Labute approximate surface area is 243 Å². The Hall–Kier alpha value is -5.13. The number of aromatic nitrogens is 2. The van der Waals surface area contributed by atoms with Crippen LogP contribution in [0.4, 0.5) is 17.6 Å². The molecule has 12 heteroatoms. The number of methoxy groups -OCH3 is 2. The first kappa shape index (κ1) is 30.8. The van der Waals surface area contributed by atoms with E-state index in [2.05, 4.69) is 0 Å². The van der Waals surface area contributed by atoms with E-state index in [1.165, 1.54) is 12.1 Å². The highest BCUT2D eigenvalue weighted by Crippen LogP contribution is 2.39. The maximum absolute atomic E-state index is 13.7. The van der Waals surface area contributed by atoms with Crippen LogP contribution in [-0.4, -0.2) is 48.2 Å². The van der Waals surface area contributed by atoms with E-state index in [0.717, 1.165) is 16.7 Å². The Morgan fingerprint density at radius 2 is 1.58 bits per heavy atom. The van der Waals surface area contributed by atoms with Crippen molar-refractivity contribution in [3.63, 3.8) is 0 Å². The minimum atomic E-state index is -4.64. The fraction of sp³-hybridized carbons (Fsp3) is 0.194. The number of Topliss-reactive ketones (excluding diaryl/α,β-unsaturated/α-hetero) is 1. The van der Waals surface area contributed by atoms with Gasteiger partial charge in [-0.2, -0.15) is 13.2 Å². The fourth-order valence-electron chi connectivity index (χ4n) is 4.41. The fourth-order valence-corrected chi connectivity index (χ4v) is 4.41. The number of rotatable bonds is 6. The van der Waals surface area contributed by atoms with Gasteiger partial charge in [0.2, 0.25) is 11.9 Å². The number of alkyl halides is 3. The molecule has 0 saturated heterocycles. The maximum Gasteiger partial charge on any atom is 0.446 e. The second-order valence-electron chi connectivity index (χ2n) is 9.48. The van der Waals surface area contributed by atoms with Crippen LogP contribution in [0.3, 0.4) is 0 Å². The lowest BCUT2D eigenvalue weighted by Gasteiger charge is -2.23. The number of aldehydes is 1. The minimum absolute atomic E-state index is 0.0865. The van der Waals surface area contributed by atoms with Crippen LogP contribution >= 0.6 is 0 Å². The number of hydrogen-bond acceptors (Lipinski definition) is 6. The quantitative estimate of drug-likeness (QED) is 0.178. The van der Waals surface area contributed by atoms with E-state index in [9.17, 15) is 22.4 Å². The van der Waals surface area contributed by atoms with Crippen molar-refractivity contribution in [2.24, 2.45) is 7.05 Å². The molecule has 0 bridgehead atoms. The number of ketones is 1. The van der Waals surface area contributed by atoms with Crippen molar-refractivity contribution in [2.75, 3.05) is 20.8 Å². The van der Waals surface area contributed by atoms with Gasteiger partial charge < -0.3 is 23.3 Å². The molecule has 5 rings (SSSR count). The third kappa shape index (κ3) is 7.39. The molecule has 1 N–H and O–H groups in total. The molecular weight excluding hydrogens is 570 g/mol. The van der Waals surface area contributed by atoms with Gasteiger partial charge >= 0.3 is 6.18 Å². The van der Waals surface area contributed by atoms with Crippen LogP contribution in [0.2, 0.25) is 0 Å². The number of hydrogen-bond donors (Lipinski definition) is 1. The van der Waals surface area contributed by atoms with E-state index in [4.69, 9.17) is 24.4 Å². The molecule has 1 aromatic heterocycles. The summed E-state index contributed by atoms with van der Waals surface area (Å²) in [5, 5.41) is 8.28. The Kier molecular flexibility index (Phi) is 9.18. The molecule has 2 heterocycles. The van der Waals surface area contributed by atoms with Gasteiger partial charge in [0.15, 0.2) is 5.78 Å². The molecule has 0 fully saturated rings. The summed E-state index contributed by atoms with van der Waals surface area (Å²) in [5.41, 5.74) is 4.25. The third-order valence-corrected chi connectivity index (χ3v) is 6.49. The number of fused-ring (bicyclic) bond motifs is 1. The number of carbonyl (C=O) groups is 2. The van der Waals surface area contributed by atoms with Crippen molar-refractivity contribution in [1.29, 1.82) is 5.41 Å². The Morgan fingerprint density at radius 1 is 0.977 bits per heavy atom. The normalized spacial score (nSPS) is 13.5. The van der Waals surface area contributed by atoms with Gasteiger partial charge in [-0.25, -0.2) is 4.39 Å². The lowest BCUT2D eigenvalue weighted by atomic mass is 9.91. The maximum atomic E-state index is 13.7. The summed E-state index contributed by atoms with van der Waals surface area (Å²) in [7, 11) is 4.95. The number of nitrogens with zero attached hydrogens (tertiary/aromatic N) is 2. The lowest BCUT2D eigenvalue weighted by molar-refractivity contribution is -0.156. The topological polar surface area (TPSA) is 95.5 Å². The highest BCUT2D eigenvalue weighted by atomic mass is 19.4. The first-order valence-electron chi connectivity index (χ1n) is 12.8. The molecule has 0 saturated carbocycles. The van der Waals surface area contributed by atoms with Gasteiger partial charge in [-0.05, 0) is 59.2 Å². The van der Waals surface area contributed by atoms with Gasteiger partial charge in [0, 0.05) is 36.6 Å². The molecule has 43 heavy (non-hydrogen) atoms. The average Bonchev–Trinajstić information content (AvgIpc) is 3.30. The van der Waals surface area contributed by atoms with Gasteiger partial charge in [0.1, 0.15) is 29.7 Å². The molecule has 0 aliphatic carbocycles. The number of ether oxygens (including phenoxy) is 3. The molecule has 1 aliphatic rings. The van der Waals surface area contributed by atoms with Crippen LogP contribution in [0, 0.1) is 11.2 Å². The second-order valence-corrected chi connectivity index (χ2v) is 9.48. The van der Waals surface area contributed by atoms with E-state index in [-0.39, 0.29) is 18.2 Å². The molecule has 0 amide bonds. The molecule has 0 spiro atoms. The largest absolute Gasteiger partial charge is 0.497 e. The average molecular weight is 598 g/mol.